The maximum atomic E-state index is 13.2. The summed E-state index contributed by atoms with van der Waals surface area (Å²) in [5.74, 6) is 1.73. The van der Waals surface area contributed by atoms with Gasteiger partial charge in [0.05, 0.1) is 18.5 Å². The van der Waals surface area contributed by atoms with E-state index >= 15 is 0 Å². The van der Waals surface area contributed by atoms with Crippen LogP contribution >= 0.6 is 0 Å². The molecule has 1 aliphatic heterocycles. The fraction of sp³-hybridized carbons (Fsp3) is 0.176. The van der Waals surface area contributed by atoms with Crippen molar-refractivity contribution in [1.82, 2.24) is 14.5 Å². The number of aromatic nitrogens is 2. The van der Waals surface area contributed by atoms with Crippen molar-refractivity contribution in [2.75, 3.05) is 20.2 Å². The predicted molar refractivity (Wildman–Crippen MR) is 156 cm³/mol. The van der Waals surface area contributed by atoms with Gasteiger partial charge in [0.15, 0.2) is 0 Å². The molecule has 0 atom stereocenters. The summed E-state index contributed by atoms with van der Waals surface area (Å²) in [6.45, 7) is 1.67. The molecule has 4 aromatic carbocycles. The number of imidazole rings is 1. The van der Waals surface area contributed by atoms with Crippen molar-refractivity contribution in [2.45, 2.75) is 19.3 Å². The van der Waals surface area contributed by atoms with Crippen molar-refractivity contribution < 1.29 is 9.53 Å². The Hall–Kier alpha value is -4.64. The highest BCUT2D eigenvalue weighted by Gasteiger charge is 2.23. The molecule has 1 aliphatic rings. The molecule has 194 valence electrons. The maximum Gasteiger partial charge on any atom is 0.253 e. The highest BCUT2D eigenvalue weighted by molar-refractivity contribution is 5.94. The van der Waals surface area contributed by atoms with E-state index in [9.17, 15) is 4.79 Å². The minimum atomic E-state index is 0.107. The smallest absolute Gasteiger partial charge is 0.253 e. The van der Waals surface area contributed by atoms with Crippen LogP contribution in [0.5, 0.6) is 5.75 Å². The van der Waals surface area contributed by atoms with Gasteiger partial charge in [-0.25, -0.2) is 4.98 Å². The van der Waals surface area contributed by atoms with Gasteiger partial charge in [-0.05, 0) is 67.8 Å². The number of hydrogen-bond donors (Lipinski definition) is 0. The lowest BCUT2D eigenvalue weighted by atomic mass is 10.0. The van der Waals surface area contributed by atoms with E-state index in [2.05, 4.69) is 41.0 Å². The summed E-state index contributed by atoms with van der Waals surface area (Å²) in [5.41, 5.74) is 6.66. The first-order valence-corrected chi connectivity index (χ1v) is 13.5. The van der Waals surface area contributed by atoms with E-state index in [1.807, 2.05) is 77.7 Å². The van der Waals surface area contributed by atoms with Crippen LogP contribution in [0.2, 0.25) is 0 Å². The van der Waals surface area contributed by atoms with E-state index in [-0.39, 0.29) is 5.91 Å². The lowest BCUT2D eigenvalue weighted by Crippen LogP contribution is -2.35. The molecule has 0 bridgehead atoms. The van der Waals surface area contributed by atoms with Crippen molar-refractivity contribution in [3.05, 3.63) is 115 Å². The number of rotatable bonds is 6. The summed E-state index contributed by atoms with van der Waals surface area (Å²) < 4.78 is 7.61. The third kappa shape index (κ3) is 4.96. The van der Waals surface area contributed by atoms with Gasteiger partial charge in [-0.2, -0.15) is 0 Å². The molecule has 1 saturated heterocycles. The van der Waals surface area contributed by atoms with E-state index in [1.165, 1.54) is 6.42 Å². The average Bonchev–Trinajstić information content (AvgIpc) is 3.43. The van der Waals surface area contributed by atoms with Crippen LogP contribution in [-0.2, 0) is 0 Å². The van der Waals surface area contributed by atoms with Gasteiger partial charge in [0.1, 0.15) is 11.6 Å². The minimum Gasteiger partial charge on any atom is -0.497 e. The number of amides is 1. The lowest BCUT2D eigenvalue weighted by Gasteiger charge is -2.26. The Balaban J connectivity index is 1.53. The third-order valence-electron chi connectivity index (χ3n) is 7.34. The second-order valence-corrected chi connectivity index (χ2v) is 9.83. The second-order valence-electron chi connectivity index (χ2n) is 9.83. The van der Waals surface area contributed by atoms with E-state index < -0.39 is 0 Å². The van der Waals surface area contributed by atoms with Gasteiger partial charge in [-0.15, -0.1) is 0 Å². The van der Waals surface area contributed by atoms with E-state index in [4.69, 9.17) is 9.72 Å². The zero-order chi connectivity index (χ0) is 26.6. The molecule has 39 heavy (non-hydrogen) atoms. The fourth-order valence-corrected chi connectivity index (χ4v) is 5.30. The molecule has 6 rings (SSSR count). The molecule has 2 heterocycles. The summed E-state index contributed by atoms with van der Waals surface area (Å²) in [7, 11) is 1.67. The number of benzene rings is 4. The maximum absolute atomic E-state index is 13.2. The second kappa shape index (κ2) is 11.0. The van der Waals surface area contributed by atoms with E-state index in [1.54, 1.807) is 7.11 Å². The molecule has 0 spiro atoms. The molecule has 0 unspecified atom stereocenters. The molecule has 5 nitrogen and oxygen atoms in total. The quantitative estimate of drug-likeness (QED) is 0.236. The average molecular weight is 514 g/mol. The molecular weight excluding hydrogens is 482 g/mol. The van der Waals surface area contributed by atoms with Crippen LogP contribution in [0.3, 0.4) is 0 Å². The highest BCUT2D eigenvalue weighted by Crippen LogP contribution is 2.39. The predicted octanol–water partition coefficient (Wildman–Crippen LogP) is 7.51. The Labute approximate surface area is 229 Å². The Morgan fingerprint density at radius 3 is 1.92 bits per heavy atom. The number of likely N-dealkylation sites (tertiary alicyclic amines) is 1. The molecule has 0 radical (unpaired) electrons. The summed E-state index contributed by atoms with van der Waals surface area (Å²) >= 11 is 0. The highest BCUT2D eigenvalue weighted by atomic mass is 16.5. The van der Waals surface area contributed by atoms with Gasteiger partial charge in [0, 0.05) is 41.0 Å². The van der Waals surface area contributed by atoms with E-state index in [0.29, 0.717) is 0 Å². The number of methoxy groups -OCH3 is 1. The van der Waals surface area contributed by atoms with Crippen LogP contribution in [-0.4, -0.2) is 40.6 Å². The van der Waals surface area contributed by atoms with Gasteiger partial charge < -0.3 is 9.64 Å². The van der Waals surface area contributed by atoms with Crippen molar-refractivity contribution in [2.24, 2.45) is 0 Å². The molecule has 0 aliphatic carbocycles. The normalized spacial score (nSPS) is 13.3. The van der Waals surface area contributed by atoms with Crippen LogP contribution in [0.15, 0.2) is 109 Å². The Kier molecular flexibility index (Phi) is 6.96. The van der Waals surface area contributed by atoms with Gasteiger partial charge in [-0.1, -0.05) is 60.7 Å². The number of carbonyl (C=O) groups is 1. The summed E-state index contributed by atoms with van der Waals surface area (Å²) in [5, 5.41) is 0. The number of carbonyl (C=O) groups excluding carboxylic acids is 1. The standard InChI is InChI=1S/C34H31N3O2/c1-39-30-21-17-27(18-22-30)33-35-31(25-11-5-2-6-12-25)32(26-13-7-3-8-14-26)37(33)29-19-15-28(16-20-29)34(38)36-23-9-4-10-24-36/h2-3,5-8,11-22H,4,9-10,23-24H2,1H3. The zero-order valence-corrected chi connectivity index (χ0v) is 22.1. The molecule has 5 heteroatoms. The molecular formula is C34H31N3O2. The van der Waals surface area contributed by atoms with Crippen molar-refractivity contribution in [3.63, 3.8) is 0 Å². The van der Waals surface area contributed by atoms with Gasteiger partial charge in [-0.3, -0.25) is 9.36 Å². The Bertz CT molecular complexity index is 1550. The van der Waals surface area contributed by atoms with Gasteiger partial charge >= 0.3 is 0 Å². The number of nitrogens with zero attached hydrogens (tertiary/aromatic N) is 3. The zero-order valence-electron chi connectivity index (χ0n) is 22.1. The molecule has 0 saturated carbocycles. The van der Waals surface area contributed by atoms with Crippen LogP contribution in [0, 0.1) is 0 Å². The van der Waals surface area contributed by atoms with Crippen LogP contribution < -0.4 is 4.74 Å². The van der Waals surface area contributed by atoms with Crippen LogP contribution in [0.25, 0.3) is 39.6 Å². The van der Waals surface area contributed by atoms with Crippen LogP contribution in [0.1, 0.15) is 29.6 Å². The topological polar surface area (TPSA) is 47.4 Å². The lowest BCUT2D eigenvalue weighted by molar-refractivity contribution is 0.0724. The van der Waals surface area contributed by atoms with Crippen molar-refractivity contribution in [1.29, 1.82) is 0 Å². The van der Waals surface area contributed by atoms with Gasteiger partial charge in [0.25, 0.3) is 5.91 Å². The number of hydrogen-bond acceptors (Lipinski definition) is 3. The summed E-state index contributed by atoms with van der Waals surface area (Å²) in [6, 6.07) is 36.6. The minimum absolute atomic E-state index is 0.107. The first-order valence-electron chi connectivity index (χ1n) is 13.5. The molecule has 1 aromatic heterocycles. The molecule has 1 amide bonds. The first kappa shape index (κ1) is 24.7. The van der Waals surface area contributed by atoms with E-state index in [0.717, 1.165) is 76.8 Å². The van der Waals surface area contributed by atoms with Crippen molar-refractivity contribution >= 4 is 5.91 Å². The molecule has 5 aromatic rings. The molecule has 1 fully saturated rings. The third-order valence-corrected chi connectivity index (χ3v) is 7.34. The Morgan fingerprint density at radius 1 is 0.692 bits per heavy atom. The summed E-state index contributed by atoms with van der Waals surface area (Å²) in [6.07, 6.45) is 3.35. The monoisotopic (exact) mass is 513 g/mol. The largest absolute Gasteiger partial charge is 0.497 e. The fourth-order valence-electron chi connectivity index (χ4n) is 5.30. The number of piperidine rings is 1. The Morgan fingerprint density at radius 2 is 1.31 bits per heavy atom. The SMILES string of the molecule is COc1ccc(-c2nc(-c3ccccc3)c(-c3ccccc3)n2-c2ccc(C(=O)N3CCCCC3)cc2)cc1. The van der Waals surface area contributed by atoms with Crippen LogP contribution in [0.4, 0.5) is 0 Å². The van der Waals surface area contributed by atoms with Crippen molar-refractivity contribution in [3.8, 4) is 45.3 Å². The van der Waals surface area contributed by atoms with Gasteiger partial charge in [0.2, 0.25) is 0 Å². The summed E-state index contributed by atoms with van der Waals surface area (Å²) in [4.78, 5) is 20.4. The molecule has 0 N–H and O–H groups in total. The number of ether oxygens (including phenoxy) is 1. The first-order chi connectivity index (χ1) is 19.2.